The van der Waals surface area contributed by atoms with Gasteiger partial charge in [-0.25, -0.2) is 9.37 Å². The minimum Gasteiger partial charge on any atom is -0.384 e. The number of rotatable bonds is 1. The van der Waals surface area contributed by atoms with E-state index >= 15 is 0 Å². The number of aromatic nitrogens is 1. The van der Waals surface area contributed by atoms with Gasteiger partial charge in [-0.2, -0.15) is 4.39 Å². The van der Waals surface area contributed by atoms with Crippen molar-refractivity contribution >= 4 is 36.0 Å². The Labute approximate surface area is 78.2 Å². The molecule has 60 valence electrons. The average molecular weight is 288 g/mol. The Bertz CT molecular complexity index is 258. The lowest BCUT2D eigenvalue weighted by Crippen LogP contribution is -1.97. The van der Waals surface area contributed by atoms with Crippen molar-refractivity contribution in [3.63, 3.8) is 0 Å². The zero-order valence-electron chi connectivity index (χ0n) is 5.14. The normalized spacial score (nSPS) is 10.1. The Morgan fingerprint density at radius 1 is 1.55 bits per heavy atom. The lowest BCUT2D eigenvalue weighted by atomic mass is 10.4. The van der Waals surface area contributed by atoms with E-state index in [1.807, 2.05) is 0 Å². The SMILES string of the molecule is Nc1cc(F)c(SI)c(F)n1. The van der Waals surface area contributed by atoms with Crippen LogP contribution >= 0.6 is 30.1 Å². The number of hydrogen-bond donors (Lipinski definition) is 1. The fraction of sp³-hybridized carbons (Fsp3) is 0. The first-order valence-corrected chi connectivity index (χ1v) is 5.91. The lowest BCUT2D eigenvalue weighted by Gasteiger charge is -1.99. The largest absolute Gasteiger partial charge is 0.384 e. The Hall–Kier alpha value is -0.110. The summed E-state index contributed by atoms with van der Waals surface area (Å²) in [5, 5.41) is 0. The molecule has 0 unspecified atom stereocenters. The molecule has 1 rings (SSSR count). The first kappa shape index (κ1) is 8.98. The molecule has 0 aromatic carbocycles. The van der Waals surface area contributed by atoms with Crippen molar-refractivity contribution in [3.8, 4) is 0 Å². The van der Waals surface area contributed by atoms with Gasteiger partial charge in [-0.3, -0.25) is 0 Å². The van der Waals surface area contributed by atoms with Crippen molar-refractivity contribution < 1.29 is 8.78 Å². The molecule has 0 bridgehead atoms. The van der Waals surface area contributed by atoms with E-state index in [1.165, 1.54) is 0 Å². The second-order valence-corrected chi connectivity index (χ2v) is 3.61. The predicted octanol–water partition coefficient (Wildman–Crippen LogP) is 2.38. The van der Waals surface area contributed by atoms with Gasteiger partial charge in [0.1, 0.15) is 16.5 Å². The van der Waals surface area contributed by atoms with E-state index in [1.54, 1.807) is 21.2 Å². The molecular weight excluding hydrogens is 285 g/mol. The summed E-state index contributed by atoms with van der Waals surface area (Å²) in [7, 11) is 0.933. The van der Waals surface area contributed by atoms with Crippen LogP contribution in [0.1, 0.15) is 0 Å². The fourth-order valence-corrected chi connectivity index (χ4v) is 1.98. The molecule has 0 aliphatic heterocycles. The fourth-order valence-electron chi connectivity index (χ4n) is 0.559. The molecule has 2 N–H and O–H groups in total. The van der Waals surface area contributed by atoms with Crippen LogP contribution in [0.2, 0.25) is 0 Å². The van der Waals surface area contributed by atoms with Gasteiger partial charge in [0.25, 0.3) is 0 Å². The van der Waals surface area contributed by atoms with Gasteiger partial charge in [0.2, 0.25) is 5.95 Å². The highest BCUT2D eigenvalue weighted by atomic mass is 127. The zero-order chi connectivity index (χ0) is 8.43. The van der Waals surface area contributed by atoms with Gasteiger partial charge in [0.05, 0.1) is 0 Å². The minimum atomic E-state index is -0.859. The van der Waals surface area contributed by atoms with Crippen molar-refractivity contribution in [2.45, 2.75) is 4.90 Å². The first-order valence-electron chi connectivity index (χ1n) is 2.55. The van der Waals surface area contributed by atoms with Gasteiger partial charge in [0, 0.05) is 27.3 Å². The van der Waals surface area contributed by atoms with E-state index in [-0.39, 0.29) is 10.7 Å². The van der Waals surface area contributed by atoms with Crippen LogP contribution in [0.25, 0.3) is 0 Å². The Morgan fingerprint density at radius 2 is 2.18 bits per heavy atom. The van der Waals surface area contributed by atoms with Gasteiger partial charge < -0.3 is 5.73 Å². The maximum atomic E-state index is 12.7. The molecule has 0 radical (unpaired) electrons. The van der Waals surface area contributed by atoms with Crippen LogP contribution in [0.3, 0.4) is 0 Å². The third-order valence-electron chi connectivity index (χ3n) is 0.983. The van der Waals surface area contributed by atoms with E-state index in [0.29, 0.717) is 0 Å². The van der Waals surface area contributed by atoms with E-state index in [9.17, 15) is 8.78 Å². The van der Waals surface area contributed by atoms with Crippen molar-refractivity contribution in [2.24, 2.45) is 0 Å². The number of nitrogens with two attached hydrogens (primary N) is 1. The maximum Gasteiger partial charge on any atom is 0.232 e. The summed E-state index contributed by atoms with van der Waals surface area (Å²) < 4.78 is 25.4. The molecule has 0 saturated heterocycles. The van der Waals surface area contributed by atoms with Crippen LogP contribution in [0, 0.1) is 11.8 Å². The smallest absolute Gasteiger partial charge is 0.232 e. The number of halogens is 3. The molecule has 0 saturated carbocycles. The van der Waals surface area contributed by atoms with Crippen molar-refractivity contribution in [3.05, 3.63) is 17.8 Å². The summed E-state index contributed by atoms with van der Waals surface area (Å²) >= 11 is 1.77. The monoisotopic (exact) mass is 288 g/mol. The van der Waals surface area contributed by atoms with Crippen LogP contribution in [0.5, 0.6) is 0 Å². The number of anilines is 1. The van der Waals surface area contributed by atoms with Crippen molar-refractivity contribution in [1.29, 1.82) is 0 Å². The second kappa shape index (κ2) is 3.53. The quantitative estimate of drug-likeness (QED) is 0.637. The van der Waals surface area contributed by atoms with E-state index < -0.39 is 11.8 Å². The Morgan fingerprint density at radius 3 is 2.64 bits per heavy atom. The van der Waals surface area contributed by atoms with Crippen molar-refractivity contribution in [2.75, 3.05) is 5.73 Å². The Balaban J connectivity index is 3.25. The molecule has 6 heteroatoms. The molecule has 0 fully saturated rings. The highest BCUT2D eigenvalue weighted by Gasteiger charge is 2.10. The summed E-state index contributed by atoms with van der Waals surface area (Å²) in [6.45, 7) is 0. The number of nitrogen functional groups attached to an aromatic ring is 1. The van der Waals surface area contributed by atoms with Gasteiger partial charge in [-0.1, -0.05) is 0 Å². The lowest BCUT2D eigenvalue weighted by molar-refractivity contribution is 0.513. The summed E-state index contributed by atoms with van der Waals surface area (Å²) in [4.78, 5) is 3.14. The second-order valence-electron chi connectivity index (χ2n) is 1.73. The molecule has 0 aliphatic rings. The average Bonchev–Trinajstić information content (AvgIpc) is 1.85. The number of hydrogen-bond acceptors (Lipinski definition) is 3. The Kier molecular flexibility index (Phi) is 2.88. The minimum absolute atomic E-state index is 0.111. The molecule has 1 heterocycles. The highest BCUT2D eigenvalue weighted by molar-refractivity contribution is 14.2. The van der Waals surface area contributed by atoms with Gasteiger partial charge in [-0.05, 0) is 8.93 Å². The number of nitrogens with zero attached hydrogens (tertiary/aromatic N) is 1. The maximum absolute atomic E-state index is 12.7. The van der Waals surface area contributed by atoms with Gasteiger partial charge in [0.15, 0.2) is 0 Å². The molecule has 1 aromatic rings. The third-order valence-corrected chi connectivity index (χ3v) is 2.82. The van der Waals surface area contributed by atoms with Gasteiger partial charge >= 0.3 is 0 Å². The van der Waals surface area contributed by atoms with Crippen LogP contribution in [-0.4, -0.2) is 4.98 Å². The van der Waals surface area contributed by atoms with E-state index in [4.69, 9.17) is 5.73 Å². The van der Waals surface area contributed by atoms with Crippen LogP contribution in [0.15, 0.2) is 11.0 Å². The van der Waals surface area contributed by atoms with Gasteiger partial charge in [-0.15, -0.1) is 0 Å². The summed E-state index contributed by atoms with van der Waals surface area (Å²) in [6.07, 6.45) is 0. The molecule has 0 atom stereocenters. The topological polar surface area (TPSA) is 38.9 Å². The summed E-state index contributed by atoms with van der Waals surface area (Å²) in [6, 6.07) is 0.990. The molecule has 2 nitrogen and oxygen atoms in total. The predicted molar refractivity (Wildman–Crippen MR) is 48.4 cm³/mol. The molecular formula is C5H3F2IN2S. The number of pyridine rings is 1. The molecule has 11 heavy (non-hydrogen) atoms. The zero-order valence-corrected chi connectivity index (χ0v) is 8.12. The summed E-state index contributed by atoms with van der Waals surface area (Å²) in [5.41, 5.74) is 5.08. The van der Waals surface area contributed by atoms with E-state index in [2.05, 4.69) is 4.98 Å². The van der Waals surface area contributed by atoms with Crippen molar-refractivity contribution in [1.82, 2.24) is 4.98 Å². The van der Waals surface area contributed by atoms with E-state index in [0.717, 1.165) is 15.0 Å². The molecule has 0 amide bonds. The van der Waals surface area contributed by atoms with Crippen LogP contribution in [-0.2, 0) is 0 Å². The van der Waals surface area contributed by atoms with Crippen LogP contribution in [0.4, 0.5) is 14.6 Å². The molecule has 0 aliphatic carbocycles. The molecule has 0 spiro atoms. The third kappa shape index (κ3) is 1.92. The highest BCUT2D eigenvalue weighted by Crippen LogP contribution is 2.30. The van der Waals surface area contributed by atoms with Crippen LogP contribution < -0.4 is 5.73 Å². The standard InChI is InChI=1S/C5H3F2IN2S/c6-2-1-3(9)10-5(7)4(2)11-8/h1H,(H2,9,10). The first-order chi connectivity index (χ1) is 5.15. The molecule has 1 aromatic heterocycles. The summed E-state index contributed by atoms with van der Waals surface area (Å²) in [5.74, 6) is -1.68.